The smallest absolute Gasteiger partial charge is 0.266 e. The van der Waals surface area contributed by atoms with Gasteiger partial charge in [0.1, 0.15) is 5.78 Å². The average Bonchev–Trinajstić information content (AvgIpc) is 3.09. The van der Waals surface area contributed by atoms with Crippen LogP contribution in [-0.4, -0.2) is 48.2 Å². The summed E-state index contributed by atoms with van der Waals surface area (Å²) in [6.07, 6.45) is 8.54. The van der Waals surface area contributed by atoms with Crippen molar-refractivity contribution in [1.82, 2.24) is 5.32 Å². The molecule has 8 heteroatoms. The van der Waals surface area contributed by atoms with E-state index >= 15 is 0 Å². The number of carbonyl (C=O) groups is 2. The molecule has 1 amide bonds. The van der Waals surface area contributed by atoms with E-state index in [-0.39, 0.29) is 35.3 Å². The summed E-state index contributed by atoms with van der Waals surface area (Å²) in [5.74, 6) is 1.95. The molecule has 4 aliphatic carbocycles. The van der Waals surface area contributed by atoms with Gasteiger partial charge in [-0.15, -0.1) is 0 Å². The summed E-state index contributed by atoms with van der Waals surface area (Å²) in [7, 11) is -4.07. The molecule has 0 heterocycles. The minimum Gasteiger partial charge on any atom is -0.393 e. The SMILES string of the molecule is CC(CCC(=O)NCCS(=O)(=O)O)[C@H]1CC[C@H]2[C@@H]3C(=O)C[C@@H]4C[C@H](O)CC[C@]4(C)[C@H]3CC[C@]12C. The Labute approximate surface area is 204 Å². The first-order chi connectivity index (χ1) is 15.8. The molecule has 0 aromatic carbocycles. The van der Waals surface area contributed by atoms with Gasteiger partial charge < -0.3 is 10.4 Å². The van der Waals surface area contributed by atoms with Crippen molar-refractivity contribution < 1.29 is 27.7 Å². The van der Waals surface area contributed by atoms with Crippen molar-refractivity contribution in [3.8, 4) is 0 Å². The average molecular weight is 498 g/mol. The van der Waals surface area contributed by atoms with Gasteiger partial charge in [0, 0.05) is 25.3 Å². The highest BCUT2D eigenvalue weighted by molar-refractivity contribution is 7.85. The van der Waals surface area contributed by atoms with Crippen LogP contribution in [0.1, 0.15) is 85.0 Å². The van der Waals surface area contributed by atoms with Gasteiger partial charge >= 0.3 is 0 Å². The zero-order valence-electron chi connectivity index (χ0n) is 21.0. The second kappa shape index (κ2) is 9.47. The molecule has 0 saturated heterocycles. The van der Waals surface area contributed by atoms with Gasteiger partial charge in [-0.3, -0.25) is 14.1 Å². The van der Waals surface area contributed by atoms with E-state index in [9.17, 15) is 23.1 Å². The largest absolute Gasteiger partial charge is 0.393 e. The molecule has 0 aliphatic heterocycles. The standard InChI is InChI=1S/C26H43NO6S/c1-16(4-7-23(30)27-12-13-34(31,32)33)19-5-6-20-24-21(9-11-26(19,20)3)25(2)10-8-18(28)14-17(25)15-22(24)29/h16-21,24,28H,4-15H2,1-3H3,(H,27,30)(H,31,32,33)/t16?,17-,18+,19+,20-,21-,24-,25-,26+/m0/s1. The molecular weight excluding hydrogens is 454 g/mol. The highest BCUT2D eigenvalue weighted by Crippen LogP contribution is 2.67. The van der Waals surface area contributed by atoms with E-state index in [1.165, 1.54) is 0 Å². The van der Waals surface area contributed by atoms with Crippen LogP contribution in [0.15, 0.2) is 0 Å². The van der Waals surface area contributed by atoms with E-state index in [2.05, 4.69) is 26.1 Å². The predicted molar refractivity (Wildman–Crippen MR) is 129 cm³/mol. The quantitative estimate of drug-likeness (QED) is 0.462. The molecule has 3 N–H and O–H groups in total. The van der Waals surface area contributed by atoms with Crippen LogP contribution in [0.3, 0.4) is 0 Å². The molecular formula is C26H43NO6S. The molecule has 0 aromatic rings. The Morgan fingerprint density at radius 2 is 1.79 bits per heavy atom. The van der Waals surface area contributed by atoms with Gasteiger partial charge in [-0.05, 0) is 91.8 Å². The van der Waals surface area contributed by atoms with Crippen molar-refractivity contribution in [3.63, 3.8) is 0 Å². The summed E-state index contributed by atoms with van der Waals surface area (Å²) in [5.41, 5.74) is 0.290. The molecule has 194 valence electrons. The van der Waals surface area contributed by atoms with E-state index in [1.54, 1.807) is 0 Å². The van der Waals surface area contributed by atoms with Gasteiger partial charge in [0.2, 0.25) is 5.91 Å². The second-order valence-electron chi connectivity index (χ2n) is 12.4. The third-order valence-electron chi connectivity index (χ3n) is 10.7. The van der Waals surface area contributed by atoms with Crippen LogP contribution in [0.25, 0.3) is 0 Å². The molecule has 4 aliphatic rings. The number of aliphatic hydroxyl groups excluding tert-OH is 1. The van der Waals surface area contributed by atoms with Crippen molar-refractivity contribution >= 4 is 21.8 Å². The first-order valence-corrected chi connectivity index (χ1v) is 14.9. The van der Waals surface area contributed by atoms with Crippen molar-refractivity contribution in [3.05, 3.63) is 0 Å². The fourth-order valence-electron chi connectivity index (χ4n) is 8.85. The highest BCUT2D eigenvalue weighted by Gasteiger charge is 2.63. The second-order valence-corrected chi connectivity index (χ2v) is 14.0. The summed E-state index contributed by atoms with van der Waals surface area (Å²) in [5, 5.41) is 12.8. The van der Waals surface area contributed by atoms with Crippen molar-refractivity contribution in [1.29, 1.82) is 0 Å². The van der Waals surface area contributed by atoms with E-state index in [1.807, 2.05) is 0 Å². The molecule has 34 heavy (non-hydrogen) atoms. The monoisotopic (exact) mass is 497 g/mol. The maximum Gasteiger partial charge on any atom is 0.266 e. The topological polar surface area (TPSA) is 121 Å². The van der Waals surface area contributed by atoms with Crippen LogP contribution in [0.4, 0.5) is 0 Å². The third kappa shape index (κ3) is 4.83. The number of hydrogen-bond donors (Lipinski definition) is 3. The first kappa shape index (κ1) is 26.1. The molecule has 4 rings (SSSR count). The van der Waals surface area contributed by atoms with Crippen LogP contribution in [0, 0.1) is 46.3 Å². The van der Waals surface area contributed by atoms with Gasteiger partial charge in [-0.25, -0.2) is 0 Å². The molecule has 9 atom stereocenters. The van der Waals surface area contributed by atoms with Gasteiger partial charge in [0.25, 0.3) is 10.1 Å². The zero-order valence-corrected chi connectivity index (χ0v) is 21.8. The normalized spacial score (nSPS) is 42.9. The summed E-state index contributed by atoms with van der Waals surface area (Å²) in [6, 6.07) is 0. The Bertz CT molecular complexity index is 905. The number of rotatable bonds is 7. The van der Waals surface area contributed by atoms with Crippen molar-refractivity contribution in [2.75, 3.05) is 12.3 Å². The predicted octanol–water partition coefficient (Wildman–Crippen LogP) is 3.61. The fraction of sp³-hybridized carbons (Fsp3) is 0.923. The molecule has 0 aromatic heterocycles. The lowest BCUT2D eigenvalue weighted by Crippen LogP contribution is -2.57. The van der Waals surface area contributed by atoms with Crippen molar-refractivity contribution in [2.45, 2.75) is 91.1 Å². The van der Waals surface area contributed by atoms with Crippen LogP contribution in [-0.2, 0) is 19.7 Å². The Kier molecular flexibility index (Phi) is 7.27. The van der Waals surface area contributed by atoms with Crippen molar-refractivity contribution in [2.24, 2.45) is 46.3 Å². The minimum absolute atomic E-state index is 0.0722. The maximum absolute atomic E-state index is 13.5. The van der Waals surface area contributed by atoms with Gasteiger partial charge in [-0.1, -0.05) is 20.8 Å². The summed E-state index contributed by atoms with van der Waals surface area (Å²) in [6.45, 7) is 6.93. The lowest BCUT2D eigenvalue weighted by atomic mass is 9.44. The molecule has 1 unspecified atom stereocenters. The van der Waals surface area contributed by atoms with E-state index in [0.717, 1.165) is 51.4 Å². The number of fused-ring (bicyclic) bond motifs is 5. The Morgan fingerprint density at radius 3 is 2.50 bits per heavy atom. The lowest BCUT2D eigenvalue weighted by Gasteiger charge is -2.60. The number of amides is 1. The third-order valence-corrected chi connectivity index (χ3v) is 11.4. The van der Waals surface area contributed by atoms with Crippen LogP contribution in [0.2, 0.25) is 0 Å². The summed E-state index contributed by atoms with van der Waals surface area (Å²) in [4.78, 5) is 25.7. The Balaban J connectivity index is 1.39. The molecule has 7 nitrogen and oxygen atoms in total. The van der Waals surface area contributed by atoms with E-state index in [4.69, 9.17) is 4.55 Å². The zero-order chi connectivity index (χ0) is 24.9. The Morgan fingerprint density at radius 1 is 1.12 bits per heavy atom. The lowest BCUT2D eigenvalue weighted by molar-refractivity contribution is -0.160. The number of Topliss-reactive ketones (excluding diaryl/α,β-unsaturated/α-hetero) is 1. The number of hydrogen-bond acceptors (Lipinski definition) is 5. The Hall–Kier alpha value is -0.990. The minimum atomic E-state index is -4.07. The highest BCUT2D eigenvalue weighted by atomic mass is 32.2. The molecule has 0 bridgehead atoms. The van der Waals surface area contributed by atoms with Crippen LogP contribution in [0.5, 0.6) is 0 Å². The first-order valence-electron chi connectivity index (χ1n) is 13.3. The number of ketones is 1. The fourth-order valence-corrected chi connectivity index (χ4v) is 9.21. The summed E-state index contributed by atoms with van der Waals surface area (Å²) >= 11 is 0. The maximum atomic E-state index is 13.5. The number of carbonyl (C=O) groups excluding carboxylic acids is 2. The number of aliphatic hydroxyl groups is 1. The van der Waals surface area contributed by atoms with Gasteiger partial charge in [0.15, 0.2) is 0 Å². The van der Waals surface area contributed by atoms with Gasteiger partial charge in [0.05, 0.1) is 11.9 Å². The molecule has 4 saturated carbocycles. The van der Waals surface area contributed by atoms with E-state index in [0.29, 0.717) is 48.2 Å². The molecule has 0 spiro atoms. The van der Waals surface area contributed by atoms with E-state index < -0.39 is 15.9 Å². The molecule has 4 fully saturated rings. The molecule has 0 radical (unpaired) electrons. The van der Waals surface area contributed by atoms with Gasteiger partial charge in [-0.2, -0.15) is 8.42 Å². The van der Waals surface area contributed by atoms with Crippen LogP contribution >= 0.6 is 0 Å². The number of nitrogens with one attached hydrogen (secondary N) is 1. The summed E-state index contributed by atoms with van der Waals surface area (Å²) < 4.78 is 30.5. The van der Waals surface area contributed by atoms with Crippen LogP contribution < -0.4 is 5.32 Å².